The molecule has 1 aliphatic rings. The normalized spacial score (nSPS) is 14.8. The molecule has 20 heavy (non-hydrogen) atoms. The summed E-state index contributed by atoms with van der Waals surface area (Å²) in [5.41, 5.74) is 6.04. The van der Waals surface area contributed by atoms with Gasteiger partial charge in [0.15, 0.2) is 0 Å². The third-order valence-corrected chi connectivity index (χ3v) is 4.11. The first-order valence-corrected chi connectivity index (χ1v) is 8.00. The van der Waals surface area contributed by atoms with Gasteiger partial charge in [0.25, 0.3) is 0 Å². The molecule has 3 rings (SSSR count). The number of hydrogen-bond acceptors (Lipinski definition) is 1. The Balaban J connectivity index is 0.000000704. The molecular formula is C18H28N2. The van der Waals surface area contributed by atoms with Crippen molar-refractivity contribution in [3.8, 4) is 0 Å². The van der Waals surface area contributed by atoms with Gasteiger partial charge < -0.3 is 9.47 Å². The lowest BCUT2D eigenvalue weighted by Crippen LogP contribution is -2.27. The highest BCUT2D eigenvalue weighted by Crippen LogP contribution is 2.32. The van der Waals surface area contributed by atoms with Gasteiger partial charge >= 0.3 is 0 Å². The van der Waals surface area contributed by atoms with Crippen molar-refractivity contribution in [3.63, 3.8) is 0 Å². The van der Waals surface area contributed by atoms with Crippen molar-refractivity contribution < 1.29 is 0 Å². The average molecular weight is 272 g/mol. The van der Waals surface area contributed by atoms with Gasteiger partial charge in [0.05, 0.1) is 5.52 Å². The van der Waals surface area contributed by atoms with Gasteiger partial charge in [0, 0.05) is 37.1 Å². The van der Waals surface area contributed by atoms with E-state index in [9.17, 15) is 0 Å². The Morgan fingerprint density at radius 3 is 2.65 bits per heavy atom. The highest BCUT2D eigenvalue weighted by molar-refractivity contribution is 5.88. The number of nitrogens with zero attached hydrogens (tertiary/aromatic N) is 2. The van der Waals surface area contributed by atoms with Crippen molar-refractivity contribution in [1.29, 1.82) is 0 Å². The van der Waals surface area contributed by atoms with Gasteiger partial charge in [0.1, 0.15) is 0 Å². The van der Waals surface area contributed by atoms with Gasteiger partial charge in [-0.25, -0.2) is 0 Å². The monoisotopic (exact) mass is 272 g/mol. The fraction of sp³-hybridized carbons (Fsp3) is 0.556. The first-order chi connectivity index (χ1) is 9.72. The molecule has 0 radical (unpaired) electrons. The van der Waals surface area contributed by atoms with Crippen LogP contribution >= 0.6 is 0 Å². The molecule has 2 aromatic rings. The van der Waals surface area contributed by atoms with Gasteiger partial charge in [0.2, 0.25) is 0 Å². The predicted octanol–water partition coefficient (Wildman–Crippen LogP) is 4.37. The van der Waals surface area contributed by atoms with Crippen molar-refractivity contribution >= 4 is 10.9 Å². The van der Waals surface area contributed by atoms with Crippen LogP contribution in [-0.4, -0.2) is 23.1 Å². The number of likely N-dealkylation sites (N-methyl/N-ethyl adjacent to an activating group) is 1. The highest BCUT2D eigenvalue weighted by Gasteiger charge is 2.22. The molecule has 2 heteroatoms. The SMILES string of the molecule is CC.CCCn1c2c(c3cccc(C)c31)CN(C)CC2. The molecule has 0 fully saturated rings. The molecule has 1 aliphatic heterocycles. The molecule has 0 aliphatic carbocycles. The lowest BCUT2D eigenvalue weighted by Gasteiger charge is -2.24. The van der Waals surface area contributed by atoms with Gasteiger partial charge in [-0.05, 0) is 31.5 Å². The standard InChI is InChI=1S/C16H22N2.C2H6/c1-4-9-18-15-8-10-17(3)11-14(15)13-7-5-6-12(2)16(13)18;1-2/h5-7H,4,8-11H2,1-3H3;1-2H3. The zero-order valence-corrected chi connectivity index (χ0v) is 13.7. The molecule has 0 amide bonds. The maximum absolute atomic E-state index is 2.58. The second-order valence-corrected chi connectivity index (χ2v) is 5.54. The fourth-order valence-electron chi connectivity index (χ4n) is 3.29. The summed E-state index contributed by atoms with van der Waals surface area (Å²) in [5, 5.41) is 1.48. The van der Waals surface area contributed by atoms with E-state index in [0.29, 0.717) is 0 Å². The highest BCUT2D eigenvalue weighted by atomic mass is 15.1. The van der Waals surface area contributed by atoms with Crippen LogP contribution in [0.25, 0.3) is 10.9 Å². The lowest BCUT2D eigenvalue weighted by atomic mass is 10.0. The fourth-order valence-corrected chi connectivity index (χ4v) is 3.29. The Hall–Kier alpha value is -1.28. The summed E-state index contributed by atoms with van der Waals surface area (Å²) < 4.78 is 2.58. The van der Waals surface area contributed by atoms with Crippen LogP contribution in [0.4, 0.5) is 0 Å². The molecule has 0 atom stereocenters. The minimum atomic E-state index is 1.10. The first kappa shape index (κ1) is 15.1. The van der Waals surface area contributed by atoms with Crippen molar-refractivity contribution in [1.82, 2.24) is 9.47 Å². The Morgan fingerprint density at radius 2 is 1.95 bits per heavy atom. The number of aryl methyl sites for hydroxylation is 2. The summed E-state index contributed by atoms with van der Waals surface area (Å²) in [7, 11) is 2.22. The van der Waals surface area contributed by atoms with E-state index >= 15 is 0 Å². The summed E-state index contributed by atoms with van der Waals surface area (Å²) in [6.45, 7) is 12.0. The maximum Gasteiger partial charge on any atom is 0.0515 e. The number of benzene rings is 1. The van der Waals surface area contributed by atoms with Crippen LogP contribution in [-0.2, 0) is 19.5 Å². The average Bonchev–Trinajstić information content (AvgIpc) is 2.77. The van der Waals surface area contributed by atoms with Crippen LogP contribution in [0.3, 0.4) is 0 Å². The Labute approximate surface area is 123 Å². The van der Waals surface area contributed by atoms with Crippen LogP contribution in [0.15, 0.2) is 18.2 Å². The Kier molecular flexibility index (Phi) is 4.87. The van der Waals surface area contributed by atoms with Crippen LogP contribution in [0, 0.1) is 6.92 Å². The molecule has 1 aromatic carbocycles. The summed E-state index contributed by atoms with van der Waals surface area (Å²) in [5.74, 6) is 0. The summed E-state index contributed by atoms with van der Waals surface area (Å²) in [6, 6.07) is 6.74. The number of para-hydroxylation sites is 1. The molecule has 0 saturated heterocycles. The molecule has 0 unspecified atom stereocenters. The second kappa shape index (κ2) is 6.45. The van der Waals surface area contributed by atoms with Gasteiger partial charge in [-0.3, -0.25) is 0 Å². The van der Waals surface area contributed by atoms with E-state index in [2.05, 4.69) is 48.6 Å². The zero-order chi connectivity index (χ0) is 14.7. The quantitative estimate of drug-likeness (QED) is 0.788. The molecule has 2 heterocycles. The number of aromatic nitrogens is 1. The van der Waals surface area contributed by atoms with Crippen molar-refractivity contribution in [2.75, 3.05) is 13.6 Å². The topological polar surface area (TPSA) is 8.17 Å². The molecule has 0 bridgehead atoms. The Bertz CT molecular complexity index is 581. The van der Waals surface area contributed by atoms with Crippen LogP contribution in [0.2, 0.25) is 0 Å². The van der Waals surface area contributed by atoms with Crippen molar-refractivity contribution in [2.24, 2.45) is 0 Å². The van der Waals surface area contributed by atoms with E-state index in [1.807, 2.05) is 13.8 Å². The summed E-state index contributed by atoms with van der Waals surface area (Å²) in [6.07, 6.45) is 2.40. The first-order valence-electron chi connectivity index (χ1n) is 8.00. The number of fused-ring (bicyclic) bond motifs is 3. The van der Waals surface area contributed by atoms with Crippen molar-refractivity contribution in [3.05, 3.63) is 35.0 Å². The summed E-state index contributed by atoms with van der Waals surface area (Å²) in [4.78, 5) is 2.43. The molecular weight excluding hydrogens is 244 g/mol. The zero-order valence-electron chi connectivity index (χ0n) is 13.7. The summed E-state index contributed by atoms with van der Waals surface area (Å²) >= 11 is 0. The molecule has 2 nitrogen and oxygen atoms in total. The largest absolute Gasteiger partial charge is 0.344 e. The van der Waals surface area contributed by atoms with Crippen molar-refractivity contribution in [2.45, 2.75) is 53.6 Å². The van der Waals surface area contributed by atoms with E-state index < -0.39 is 0 Å². The van der Waals surface area contributed by atoms with Crippen LogP contribution in [0.1, 0.15) is 44.0 Å². The molecule has 0 saturated carbocycles. The molecule has 110 valence electrons. The van der Waals surface area contributed by atoms with E-state index in [4.69, 9.17) is 0 Å². The van der Waals surface area contributed by atoms with E-state index in [1.54, 1.807) is 11.3 Å². The number of hydrogen-bond donors (Lipinski definition) is 0. The lowest BCUT2D eigenvalue weighted by molar-refractivity contribution is 0.309. The molecule has 1 aromatic heterocycles. The molecule has 0 spiro atoms. The third kappa shape index (κ3) is 2.49. The van der Waals surface area contributed by atoms with Gasteiger partial charge in [-0.15, -0.1) is 0 Å². The van der Waals surface area contributed by atoms with E-state index in [1.165, 1.54) is 35.9 Å². The minimum absolute atomic E-state index is 1.10. The predicted molar refractivity (Wildman–Crippen MR) is 88.4 cm³/mol. The smallest absolute Gasteiger partial charge is 0.0515 e. The second-order valence-electron chi connectivity index (χ2n) is 5.54. The minimum Gasteiger partial charge on any atom is -0.344 e. The van der Waals surface area contributed by atoms with Gasteiger partial charge in [-0.1, -0.05) is 39.0 Å². The van der Waals surface area contributed by atoms with Crippen LogP contribution < -0.4 is 0 Å². The maximum atomic E-state index is 2.58. The number of rotatable bonds is 2. The Morgan fingerprint density at radius 1 is 1.20 bits per heavy atom. The van der Waals surface area contributed by atoms with E-state index in [-0.39, 0.29) is 0 Å². The van der Waals surface area contributed by atoms with Gasteiger partial charge in [-0.2, -0.15) is 0 Å². The van der Waals surface area contributed by atoms with E-state index in [0.717, 1.165) is 13.1 Å². The van der Waals surface area contributed by atoms with Crippen LogP contribution in [0.5, 0.6) is 0 Å². The molecule has 0 N–H and O–H groups in total. The third-order valence-electron chi connectivity index (χ3n) is 4.11.